The number of hydrogen-bond acceptors (Lipinski definition) is 6. The van der Waals surface area contributed by atoms with E-state index in [-0.39, 0.29) is 11.7 Å². The summed E-state index contributed by atoms with van der Waals surface area (Å²) in [6.45, 7) is 2.20. The quantitative estimate of drug-likeness (QED) is 0.881. The summed E-state index contributed by atoms with van der Waals surface area (Å²) in [6.07, 6.45) is 1.63. The van der Waals surface area contributed by atoms with E-state index in [1.54, 1.807) is 0 Å². The van der Waals surface area contributed by atoms with Gasteiger partial charge in [-0.25, -0.2) is 13.6 Å². The minimum Gasteiger partial charge on any atom is -0.338 e. The maximum atomic E-state index is 11.1. The number of hydrogen-bond donors (Lipinski definition) is 1. The van der Waals surface area contributed by atoms with Crippen LogP contribution in [0.4, 0.5) is 0 Å². The number of piperidine rings is 1. The molecule has 2 heterocycles. The average molecular weight is 336 g/mol. The van der Waals surface area contributed by atoms with Gasteiger partial charge in [0.15, 0.2) is 0 Å². The fraction of sp³-hybridized carbons (Fsp3) is 0.467. The summed E-state index contributed by atoms with van der Waals surface area (Å²) >= 11 is 0. The van der Waals surface area contributed by atoms with Gasteiger partial charge in [-0.15, -0.1) is 0 Å². The Bertz CT molecular complexity index is 737. The zero-order valence-electron chi connectivity index (χ0n) is 12.8. The first-order chi connectivity index (χ1) is 11.0. The van der Waals surface area contributed by atoms with Crippen molar-refractivity contribution in [1.82, 2.24) is 15.0 Å². The molecule has 0 spiro atoms. The third-order valence-corrected chi connectivity index (χ3v) is 4.97. The van der Waals surface area contributed by atoms with Crippen molar-refractivity contribution in [2.75, 3.05) is 18.8 Å². The van der Waals surface area contributed by atoms with Crippen LogP contribution in [0.3, 0.4) is 0 Å². The van der Waals surface area contributed by atoms with Gasteiger partial charge in [-0.05, 0) is 31.8 Å². The average Bonchev–Trinajstić information content (AvgIpc) is 2.97. The first-order valence-corrected chi connectivity index (χ1v) is 9.32. The van der Waals surface area contributed by atoms with Gasteiger partial charge in [0, 0.05) is 5.56 Å². The molecular weight excluding hydrogens is 316 g/mol. The highest BCUT2D eigenvalue weighted by molar-refractivity contribution is 7.89. The second kappa shape index (κ2) is 6.77. The van der Waals surface area contributed by atoms with Crippen LogP contribution in [-0.2, 0) is 16.6 Å². The predicted molar refractivity (Wildman–Crippen MR) is 85.7 cm³/mol. The standard InChI is InChI=1S/C15H20N4O3S/c16-23(20,21)11-12-6-8-19(9-7-12)10-14-17-15(18-22-14)13-4-2-1-3-5-13/h1-5,12H,6-11H2,(H2,16,20,21). The van der Waals surface area contributed by atoms with Gasteiger partial charge in [0.25, 0.3) is 0 Å². The summed E-state index contributed by atoms with van der Waals surface area (Å²) in [5.74, 6) is 1.38. The molecule has 0 unspecified atom stereocenters. The molecular formula is C15H20N4O3S. The summed E-state index contributed by atoms with van der Waals surface area (Å²) in [5, 5.41) is 9.11. The van der Waals surface area contributed by atoms with Crippen molar-refractivity contribution in [1.29, 1.82) is 0 Å². The molecule has 1 aromatic carbocycles. The lowest BCUT2D eigenvalue weighted by atomic mass is 9.99. The molecule has 0 saturated carbocycles. The normalized spacial score (nSPS) is 17.4. The molecule has 0 aliphatic carbocycles. The van der Waals surface area contributed by atoms with Crippen LogP contribution in [0, 0.1) is 5.92 Å². The Morgan fingerprint density at radius 3 is 2.57 bits per heavy atom. The molecule has 2 aromatic rings. The summed E-state index contributed by atoms with van der Waals surface area (Å²) < 4.78 is 27.6. The van der Waals surface area contributed by atoms with Crippen molar-refractivity contribution >= 4 is 10.0 Å². The molecule has 2 N–H and O–H groups in total. The number of nitrogens with two attached hydrogens (primary N) is 1. The maximum absolute atomic E-state index is 11.1. The van der Waals surface area contributed by atoms with Gasteiger partial charge in [0.1, 0.15) is 0 Å². The van der Waals surface area contributed by atoms with Crippen molar-refractivity contribution in [3.05, 3.63) is 36.2 Å². The Morgan fingerprint density at radius 1 is 1.22 bits per heavy atom. The van der Waals surface area contributed by atoms with Crippen molar-refractivity contribution in [3.8, 4) is 11.4 Å². The smallest absolute Gasteiger partial charge is 0.241 e. The Labute approximate surface area is 135 Å². The molecule has 1 aromatic heterocycles. The lowest BCUT2D eigenvalue weighted by Gasteiger charge is -2.30. The largest absolute Gasteiger partial charge is 0.338 e. The lowest BCUT2D eigenvalue weighted by Crippen LogP contribution is -2.36. The van der Waals surface area contributed by atoms with Crippen LogP contribution in [0.5, 0.6) is 0 Å². The van der Waals surface area contributed by atoms with Crippen molar-refractivity contribution < 1.29 is 12.9 Å². The molecule has 0 atom stereocenters. The van der Waals surface area contributed by atoms with Gasteiger partial charge >= 0.3 is 0 Å². The first kappa shape index (κ1) is 16.1. The number of primary sulfonamides is 1. The molecule has 1 aliphatic heterocycles. The zero-order valence-corrected chi connectivity index (χ0v) is 13.6. The minimum atomic E-state index is -3.39. The minimum absolute atomic E-state index is 0.0690. The highest BCUT2D eigenvalue weighted by Gasteiger charge is 2.24. The molecule has 8 heteroatoms. The number of sulfonamides is 1. The highest BCUT2D eigenvalue weighted by atomic mass is 32.2. The molecule has 0 bridgehead atoms. The molecule has 23 heavy (non-hydrogen) atoms. The van der Waals surface area contributed by atoms with E-state index < -0.39 is 10.0 Å². The molecule has 1 saturated heterocycles. The monoisotopic (exact) mass is 336 g/mol. The van der Waals surface area contributed by atoms with E-state index in [1.807, 2.05) is 30.3 Å². The molecule has 7 nitrogen and oxygen atoms in total. The fourth-order valence-electron chi connectivity index (χ4n) is 2.85. The molecule has 0 radical (unpaired) electrons. The number of rotatable bonds is 5. The molecule has 0 amide bonds. The van der Waals surface area contributed by atoms with Crippen molar-refractivity contribution in [3.63, 3.8) is 0 Å². The summed E-state index contributed by atoms with van der Waals surface area (Å²) in [6, 6.07) is 9.68. The summed E-state index contributed by atoms with van der Waals surface area (Å²) in [5.41, 5.74) is 0.925. The van der Waals surface area contributed by atoms with Crippen molar-refractivity contribution in [2.45, 2.75) is 19.4 Å². The second-order valence-corrected chi connectivity index (χ2v) is 7.59. The first-order valence-electron chi connectivity index (χ1n) is 7.60. The van der Waals surface area contributed by atoms with Gasteiger partial charge in [0.2, 0.25) is 21.7 Å². The Kier molecular flexibility index (Phi) is 4.74. The number of aromatic nitrogens is 2. The number of nitrogens with zero attached hydrogens (tertiary/aromatic N) is 3. The van der Waals surface area contributed by atoms with Crippen LogP contribution in [0.25, 0.3) is 11.4 Å². The van der Waals surface area contributed by atoms with Crippen LogP contribution in [0.1, 0.15) is 18.7 Å². The molecule has 124 valence electrons. The van der Waals surface area contributed by atoms with Crippen LogP contribution >= 0.6 is 0 Å². The lowest BCUT2D eigenvalue weighted by molar-refractivity contribution is 0.166. The molecule has 1 fully saturated rings. The third kappa shape index (κ3) is 4.60. The van der Waals surface area contributed by atoms with Crippen LogP contribution < -0.4 is 5.14 Å². The van der Waals surface area contributed by atoms with Crippen LogP contribution in [0.15, 0.2) is 34.9 Å². The molecule has 3 rings (SSSR count). The van der Waals surface area contributed by atoms with Crippen LogP contribution in [0.2, 0.25) is 0 Å². The van der Waals surface area contributed by atoms with E-state index in [9.17, 15) is 8.42 Å². The number of benzene rings is 1. The summed E-state index contributed by atoms with van der Waals surface area (Å²) in [7, 11) is -3.39. The SMILES string of the molecule is NS(=O)(=O)CC1CCN(Cc2nc(-c3ccccc3)no2)CC1. The zero-order chi connectivity index (χ0) is 16.3. The summed E-state index contributed by atoms with van der Waals surface area (Å²) in [4.78, 5) is 6.61. The van der Waals surface area contributed by atoms with Gasteiger partial charge in [-0.2, -0.15) is 4.98 Å². The topological polar surface area (TPSA) is 102 Å². The van der Waals surface area contributed by atoms with E-state index in [4.69, 9.17) is 9.66 Å². The van der Waals surface area contributed by atoms with E-state index in [0.29, 0.717) is 18.3 Å². The fourth-order valence-corrected chi connectivity index (χ4v) is 3.85. The Balaban J connectivity index is 1.54. The molecule has 1 aliphatic rings. The van der Waals surface area contributed by atoms with Gasteiger partial charge in [-0.1, -0.05) is 35.5 Å². The third-order valence-electron chi connectivity index (χ3n) is 4.03. The van der Waals surface area contributed by atoms with Gasteiger partial charge in [0.05, 0.1) is 12.3 Å². The maximum Gasteiger partial charge on any atom is 0.241 e. The predicted octanol–water partition coefficient (Wildman–Crippen LogP) is 1.24. The highest BCUT2D eigenvalue weighted by Crippen LogP contribution is 2.21. The van der Waals surface area contributed by atoms with Gasteiger partial charge in [-0.3, -0.25) is 4.90 Å². The van der Waals surface area contributed by atoms with Gasteiger partial charge < -0.3 is 4.52 Å². The Hall–Kier alpha value is -1.77. The van der Waals surface area contributed by atoms with Crippen LogP contribution in [-0.4, -0.2) is 42.3 Å². The van der Waals surface area contributed by atoms with E-state index in [2.05, 4.69) is 15.0 Å². The Morgan fingerprint density at radius 2 is 1.91 bits per heavy atom. The van der Waals surface area contributed by atoms with E-state index >= 15 is 0 Å². The van der Waals surface area contributed by atoms with E-state index in [1.165, 1.54) is 0 Å². The second-order valence-electron chi connectivity index (χ2n) is 5.93. The van der Waals surface area contributed by atoms with E-state index in [0.717, 1.165) is 31.5 Å². The van der Waals surface area contributed by atoms with Crippen molar-refractivity contribution in [2.24, 2.45) is 11.1 Å². The number of likely N-dealkylation sites (tertiary alicyclic amines) is 1.